The van der Waals surface area contributed by atoms with Gasteiger partial charge in [-0.05, 0) is 25.2 Å². The fraction of sp³-hybridized carbons (Fsp3) is 0.400. The number of halogens is 5. The number of amides is 1. The molecule has 1 amide bonds. The SMILES string of the molecule is CNS(=O)(=O)c1cc(NC(=O)[C@@H]2C[C@@](OC)(C(F)(F)F)CN2c2ccc(F)c(F)c2OC)ccn1. The molecule has 2 N–H and O–H groups in total. The highest BCUT2D eigenvalue weighted by Gasteiger charge is 2.63. The zero-order valence-corrected chi connectivity index (χ0v) is 19.4. The summed E-state index contributed by atoms with van der Waals surface area (Å²) in [6.07, 6.45) is -4.74. The van der Waals surface area contributed by atoms with Gasteiger partial charge in [0.2, 0.25) is 11.7 Å². The molecule has 35 heavy (non-hydrogen) atoms. The summed E-state index contributed by atoms with van der Waals surface area (Å²) in [6.45, 7) is -0.928. The van der Waals surface area contributed by atoms with E-state index in [0.29, 0.717) is 6.07 Å². The Morgan fingerprint density at radius 2 is 1.91 bits per heavy atom. The van der Waals surface area contributed by atoms with Crippen LogP contribution in [0.25, 0.3) is 0 Å². The van der Waals surface area contributed by atoms with Crippen LogP contribution < -0.4 is 19.7 Å². The van der Waals surface area contributed by atoms with Crippen molar-refractivity contribution in [2.24, 2.45) is 0 Å². The number of carbonyl (C=O) groups excluding carboxylic acids is 1. The van der Waals surface area contributed by atoms with Gasteiger partial charge in [-0.2, -0.15) is 17.6 Å². The van der Waals surface area contributed by atoms with E-state index in [1.54, 1.807) is 0 Å². The third kappa shape index (κ3) is 4.88. The lowest BCUT2D eigenvalue weighted by Crippen LogP contribution is -2.49. The molecule has 2 heterocycles. The van der Waals surface area contributed by atoms with Gasteiger partial charge in [0, 0.05) is 31.5 Å². The molecule has 3 rings (SSSR count). The molecule has 1 aromatic heterocycles. The van der Waals surface area contributed by atoms with Gasteiger partial charge in [0.15, 0.2) is 22.2 Å². The molecule has 1 aliphatic rings. The highest BCUT2D eigenvalue weighted by atomic mass is 32.2. The first-order valence-electron chi connectivity index (χ1n) is 9.91. The number of nitrogens with one attached hydrogen (secondary N) is 2. The van der Waals surface area contributed by atoms with Crippen LogP contribution in [0, 0.1) is 11.6 Å². The first-order chi connectivity index (χ1) is 16.3. The highest BCUT2D eigenvalue weighted by Crippen LogP contribution is 2.47. The molecule has 1 aromatic carbocycles. The highest BCUT2D eigenvalue weighted by molar-refractivity contribution is 7.89. The minimum atomic E-state index is -4.93. The van der Waals surface area contributed by atoms with Crippen molar-refractivity contribution in [1.82, 2.24) is 9.71 Å². The number of rotatable bonds is 7. The molecule has 1 fully saturated rings. The molecule has 0 bridgehead atoms. The number of hydrogen-bond donors (Lipinski definition) is 2. The molecule has 0 unspecified atom stereocenters. The summed E-state index contributed by atoms with van der Waals surface area (Å²) in [5.74, 6) is -4.42. The molecular weight excluding hydrogens is 503 g/mol. The number of pyridine rings is 1. The number of sulfonamides is 1. The maximum atomic E-state index is 14.3. The van der Waals surface area contributed by atoms with Gasteiger partial charge in [0.05, 0.1) is 19.3 Å². The monoisotopic (exact) mass is 524 g/mol. The molecule has 15 heteroatoms. The van der Waals surface area contributed by atoms with Crippen molar-refractivity contribution >= 4 is 27.3 Å². The number of alkyl halides is 3. The van der Waals surface area contributed by atoms with Crippen LogP contribution in [0.5, 0.6) is 5.75 Å². The molecule has 9 nitrogen and oxygen atoms in total. The van der Waals surface area contributed by atoms with Crippen molar-refractivity contribution in [1.29, 1.82) is 0 Å². The van der Waals surface area contributed by atoms with Crippen LogP contribution in [0.15, 0.2) is 35.5 Å². The molecule has 0 saturated carbocycles. The van der Waals surface area contributed by atoms with Gasteiger partial charge >= 0.3 is 6.18 Å². The number of carbonyl (C=O) groups is 1. The number of ether oxygens (including phenoxy) is 2. The number of methoxy groups -OCH3 is 2. The van der Waals surface area contributed by atoms with Crippen molar-refractivity contribution < 1.29 is 44.6 Å². The predicted octanol–water partition coefficient (Wildman–Crippen LogP) is 2.44. The van der Waals surface area contributed by atoms with Gasteiger partial charge in [0.25, 0.3) is 10.0 Å². The molecule has 0 aliphatic carbocycles. The summed E-state index contributed by atoms with van der Waals surface area (Å²) in [6, 6.07) is 2.34. The van der Waals surface area contributed by atoms with Crippen LogP contribution in [0.3, 0.4) is 0 Å². The molecule has 0 radical (unpaired) electrons. The number of benzene rings is 1. The number of hydrogen-bond acceptors (Lipinski definition) is 7. The van der Waals surface area contributed by atoms with E-state index < -0.39 is 69.1 Å². The second-order valence-corrected chi connectivity index (χ2v) is 9.37. The van der Waals surface area contributed by atoms with Crippen molar-refractivity contribution in [3.05, 3.63) is 42.1 Å². The average Bonchev–Trinajstić information content (AvgIpc) is 3.22. The maximum Gasteiger partial charge on any atom is 0.419 e. The molecule has 1 aliphatic heterocycles. The molecule has 1 saturated heterocycles. The van der Waals surface area contributed by atoms with Crippen LogP contribution in [-0.2, 0) is 19.6 Å². The van der Waals surface area contributed by atoms with Gasteiger partial charge < -0.3 is 19.7 Å². The second kappa shape index (κ2) is 9.54. The van der Waals surface area contributed by atoms with Gasteiger partial charge in [0.1, 0.15) is 6.04 Å². The van der Waals surface area contributed by atoms with E-state index >= 15 is 0 Å². The lowest BCUT2D eigenvalue weighted by molar-refractivity contribution is -0.261. The lowest BCUT2D eigenvalue weighted by Gasteiger charge is -2.31. The zero-order valence-electron chi connectivity index (χ0n) is 18.6. The van der Waals surface area contributed by atoms with E-state index in [0.717, 1.165) is 44.5 Å². The van der Waals surface area contributed by atoms with Crippen molar-refractivity contribution in [3.8, 4) is 5.75 Å². The number of nitrogens with zero attached hydrogens (tertiary/aromatic N) is 2. The number of aromatic nitrogens is 1. The van der Waals surface area contributed by atoms with Gasteiger partial charge in [-0.15, -0.1) is 0 Å². The average molecular weight is 524 g/mol. The Hall–Kier alpha value is -3.04. The summed E-state index contributed by atoms with van der Waals surface area (Å²) in [4.78, 5) is 17.7. The summed E-state index contributed by atoms with van der Waals surface area (Å²) in [5, 5.41) is 1.91. The Balaban J connectivity index is 2.05. The first kappa shape index (κ1) is 26.6. The summed E-state index contributed by atoms with van der Waals surface area (Å²) in [5.41, 5.74) is -3.19. The predicted molar refractivity (Wildman–Crippen MR) is 114 cm³/mol. The number of anilines is 2. The largest absolute Gasteiger partial charge is 0.491 e. The quantitative estimate of drug-likeness (QED) is 0.536. The van der Waals surface area contributed by atoms with E-state index in [1.807, 2.05) is 4.72 Å². The van der Waals surface area contributed by atoms with Crippen LogP contribution in [0.1, 0.15) is 6.42 Å². The van der Waals surface area contributed by atoms with Gasteiger partial charge in [-0.3, -0.25) is 4.79 Å². The van der Waals surface area contributed by atoms with Gasteiger partial charge in [-0.1, -0.05) is 0 Å². The van der Waals surface area contributed by atoms with Crippen LogP contribution in [0.4, 0.5) is 33.3 Å². The van der Waals surface area contributed by atoms with E-state index in [9.17, 15) is 35.2 Å². The normalized spacial score (nSPS) is 20.7. The first-order valence-corrected chi connectivity index (χ1v) is 11.4. The Morgan fingerprint density at radius 1 is 1.23 bits per heavy atom. The molecule has 192 valence electrons. The minimum absolute atomic E-state index is 0.0713. The molecule has 0 spiro atoms. The lowest BCUT2D eigenvalue weighted by atomic mass is 9.99. The van der Waals surface area contributed by atoms with Crippen LogP contribution in [0.2, 0.25) is 0 Å². The topological polar surface area (TPSA) is 110 Å². The summed E-state index contributed by atoms with van der Waals surface area (Å²) in [7, 11) is -1.00. The Kier molecular flexibility index (Phi) is 7.24. The van der Waals surface area contributed by atoms with Crippen molar-refractivity contribution in [2.75, 3.05) is 38.0 Å². The Morgan fingerprint density at radius 3 is 2.49 bits per heavy atom. The fourth-order valence-corrected chi connectivity index (χ4v) is 4.43. The van der Waals surface area contributed by atoms with Gasteiger partial charge in [-0.25, -0.2) is 22.5 Å². The third-order valence-electron chi connectivity index (χ3n) is 5.62. The molecule has 2 atom stereocenters. The zero-order chi connectivity index (χ0) is 26.2. The van der Waals surface area contributed by atoms with Crippen molar-refractivity contribution in [2.45, 2.75) is 29.3 Å². The van der Waals surface area contributed by atoms with E-state index in [2.05, 4.69) is 10.3 Å². The summed E-state index contributed by atoms with van der Waals surface area (Å²) >= 11 is 0. The van der Waals surface area contributed by atoms with Crippen LogP contribution in [-0.4, -0.2) is 64.9 Å². The summed E-state index contributed by atoms with van der Waals surface area (Å²) < 4.78 is 106. The van der Waals surface area contributed by atoms with E-state index in [4.69, 9.17) is 9.47 Å². The Labute approximate surface area is 197 Å². The Bertz CT molecular complexity index is 1230. The minimum Gasteiger partial charge on any atom is -0.491 e. The standard InChI is InChI=1S/C20H21F5N4O5S/c1-26-35(31,32)15-8-11(6-7-27-15)28-18(30)14-9-19(34-3,20(23,24)25)10-29(14)13-5-4-12(21)16(22)17(13)33-2/h4-8,14,26H,9-10H2,1-3H3,(H,27,28,30)/t14-,19-/m0/s1. The smallest absolute Gasteiger partial charge is 0.419 e. The third-order valence-corrected chi connectivity index (χ3v) is 6.94. The van der Waals surface area contributed by atoms with Crippen molar-refractivity contribution in [3.63, 3.8) is 0 Å². The fourth-order valence-electron chi connectivity index (χ4n) is 3.74. The maximum absolute atomic E-state index is 14.3. The molecular formula is C20H21F5N4O5S. The molecule has 2 aromatic rings. The van der Waals surface area contributed by atoms with E-state index in [-0.39, 0.29) is 11.4 Å². The van der Waals surface area contributed by atoms with Crippen LogP contribution >= 0.6 is 0 Å². The second-order valence-electron chi connectivity index (χ2n) is 7.54. The van der Waals surface area contributed by atoms with E-state index in [1.165, 1.54) is 6.07 Å².